The van der Waals surface area contributed by atoms with Gasteiger partial charge >= 0.3 is 5.97 Å². The van der Waals surface area contributed by atoms with Crippen molar-refractivity contribution in [3.05, 3.63) is 35.4 Å². The number of unbranched alkanes of at least 4 members (excludes halogenated alkanes) is 2. The third-order valence-electron chi connectivity index (χ3n) is 2.81. The summed E-state index contributed by atoms with van der Waals surface area (Å²) in [6.07, 6.45) is 2.68. The third-order valence-corrected chi connectivity index (χ3v) is 2.81. The zero-order valence-electron chi connectivity index (χ0n) is 11.1. The number of hydrogen-bond acceptors (Lipinski definition) is 2. The van der Waals surface area contributed by atoms with Gasteiger partial charge in [-0.2, -0.15) is 0 Å². The maximum Gasteiger partial charge on any atom is 0.345 e. The molecule has 0 spiro atoms. The highest BCUT2D eigenvalue weighted by Gasteiger charge is 2.20. The van der Waals surface area contributed by atoms with Crippen molar-refractivity contribution in [2.24, 2.45) is 0 Å². The fourth-order valence-electron chi connectivity index (χ4n) is 1.84. The fourth-order valence-corrected chi connectivity index (χ4v) is 1.84. The summed E-state index contributed by atoms with van der Waals surface area (Å²) in [6.45, 7) is 4.02. The van der Waals surface area contributed by atoms with Crippen molar-refractivity contribution in [1.82, 2.24) is 0 Å². The summed E-state index contributed by atoms with van der Waals surface area (Å²) >= 11 is 0. The number of aryl methyl sites for hydroxylation is 1. The van der Waals surface area contributed by atoms with E-state index in [1.807, 2.05) is 6.07 Å². The normalized spacial score (nSPS) is 12.2. The molecule has 1 unspecified atom stereocenters. The highest BCUT2D eigenvalue weighted by molar-refractivity contribution is 5.76. The molecule has 1 rings (SSSR count). The lowest BCUT2D eigenvalue weighted by molar-refractivity contribution is -0.149. The van der Waals surface area contributed by atoms with E-state index in [0.717, 1.165) is 24.8 Å². The van der Waals surface area contributed by atoms with Gasteiger partial charge in [0.1, 0.15) is 0 Å². The van der Waals surface area contributed by atoms with E-state index in [1.165, 1.54) is 6.42 Å². The largest absolute Gasteiger partial charge is 0.464 e. The van der Waals surface area contributed by atoms with Crippen LogP contribution in [0, 0.1) is 0 Å². The molecule has 0 bridgehead atoms. The zero-order chi connectivity index (χ0) is 13.4. The molecule has 0 aliphatic rings. The summed E-state index contributed by atoms with van der Waals surface area (Å²) in [5.41, 5.74) is 1.47. The van der Waals surface area contributed by atoms with Crippen LogP contribution in [0.4, 0.5) is 4.39 Å². The number of rotatable bonds is 7. The topological polar surface area (TPSA) is 26.3 Å². The molecule has 1 aromatic carbocycles. The summed E-state index contributed by atoms with van der Waals surface area (Å²) in [5.74, 6) is -0.803. The number of ether oxygens (including phenoxy) is 1. The van der Waals surface area contributed by atoms with Crippen molar-refractivity contribution in [1.29, 1.82) is 0 Å². The standard InChI is InChI=1S/C15H21FO2/c1-3-5-6-8-12-9-7-10-13(11-12)14(16)15(17)18-4-2/h7,9-11,14H,3-6,8H2,1-2H3. The van der Waals surface area contributed by atoms with E-state index >= 15 is 0 Å². The second-order valence-corrected chi connectivity index (χ2v) is 4.32. The molecular formula is C15H21FO2. The van der Waals surface area contributed by atoms with Crippen LogP contribution in [0.5, 0.6) is 0 Å². The van der Waals surface area contributed by atoms with Crippen LogP contribution >= 0.6 is 0 Å². The van der Waals surface area contributed by atoms with E-state index in [0.29, 0.717) is 5.56 Å². The minimum absolute atomic E-state index is 0.204. The summed E-state index contributed by atoms with van der Waals surface area (Å²) in [5, 5.41) is 0. The van der Waals surface area contributed by atoms with Gasteiger partial charge in [-0.1, -0.05) is 44.0 Å². The molecule has 0 saturated carbocycles. The Morgan fingerprint density at radius 1 is 1.33 bits per heavy atom. The van der Waals surface area contributed by atoms with E-state index in [4.69, 9.17) is 0 Å². The minimum atomic E-state index is -1.67. The average Bonchev–Trinajstić information content (AvgIpc) is 2.39. The fraction of sp³-hybridized carbons (Fsp3) is 0.533. The first-order chi connectivity index (χ1) is 8.69. The van der Waals surface area contributed by atoms with Crippen molar-refractivity contribution in [2.75, 3.05) is 6.61 Å². The number of esters is 1. The molecule has 0 aliphatic carbocycles. The van der Waals surface area contributed by atoms with Gasteiger partial charge in [-0.25, -0.2) is 9.18 Å². The first kappa shape index (κ1) is 14.7. The van der Waals surface area contributed by atoms with E-state index in [-0.39, 0.29) is 6.61 Å². The van der Waals surface area contributed by atoms with Crippen LogP contribution in [0.15, 0.2) is 24.3 Å². The molecule has 1 aromatic rings. The van der Waals surface area contributed by atoms with E-state index in [1.54, 1.807) is 25.1 Å². The Morgan fingerprint density at radius 3 is 2.78 bits per heavy atom. The van der Waals surface area contributed by atoms with E-state index in [2.05, 4.69) is 11.7 Å². The first-order valence-corrected chi connectivity index (χ1v) is 6.58. The Labute approximate surface area is 108 Å². The lowest BCUT2D eigenvalue weighted by atomic mass is 10.0. The van der Waals surface area contributed by atoms with Crippen LogP contribution in [-0.4, -0.2) is 12.6 Å². The van der Waals surface area contributed by atoms with Gasteiger partial charge < -0.3 is 4.74 Å². The molecule has 3 heteroatoms. The summed E-state index contributed by atoms with van der Waals surface area (Å²) in [6, 6.07) is 7.15. The Bertz CT molecular complexity index is 377. The SMILES string of the molecule is CCCCCc1cccc(C(F)C(=O)OCC)c1. The van der Waals surface area contributed by atoms with Crippen LogP contribution in [0.25, 0.3) is 0 Å². The Hall–Kier alpha value is -1.38. The van der Waals surface area contributed by atoms with Gasteiger partial charge in [0.2, 0.25) is 6.17 Å². The molecule has 0 radical (unpaired) electrons. The highest BCUT2D eigenvalue weighted by atomic mass is 19.1. The zero-order valence-corrected chi connectivity index (χ0v) is 11.1. The second kappa shape index (κ2) is 7.85. The molecule has 0 heterocycles. The molecule has 100 valence electrons. The van der Waals surface area contributed by atoms with Crippen molar-refractivity contribution in [3.63, 3.8) is 0 Å². The van der Waals surface area contributed by atoms with Gasteiger partial charge in [0, 0.05) is 0 Å². The summed E-state index contributed by atoms with van der Waals surface area (Å²) in [4.78, 5) is 11.3. The number of alkyl halides is 1. The number of benzene rings is 1. The quantitative estimate of drug-likeness (QED) is 0.541. The monoisotopic (exact) mass is 252 g/mol. The molecule has 0 aliphatic heterocycles. The minimum Gasteiger partial charge on any atom is -0.464 e. The number of carbonyl (C=O) groups is 1. The van der Waals surface area contributed by atoms with Gasteiger partial charge in [0.15, 0.2) is 0 Å². The van der Waals surface area contributed by atoms with Crippen LogP contribution in [-0.2, 0) is 16.0 Å². The van der Waals surface area contributed by atoms with Crippen molar-refractivity contribution < 1.29 is 13.9 Å². The first-order valence-electron chi connectivity index (χ1n) is 6.58. The van der Waals surface area contributed by atoms with Crippen molar-refractivity contribution >= 4 is 5.97 Å². The van der Waals surface area contributed by atoms with Gasteiger partial charge in [-0.05, 0) is 30.9 Å². The highest BCUT2D eigenvalue weighted by Crippen LogP contribution is 2.21. The van der Waals surface area contributed by atoms with Crippen LogP contribution in [0.2, 0.25) is 0 Å². The van der Waals surface area contributed by atoms with Crippen LogP contribution < -0.4 is 0 Å². The Morgan fingerprint density at radius 2 is 2.11 bits per heavy atom. The van der Waals surface area contributed by atoms with Crippen LogP contribution in [0.3, 0.4) is 0 Å². The van der Waals surface area contributed by atoms with E-state index in [9.17, 15) is 9.18 Å². The van der Waals surface area contributed by atoms with Crippen molar-refractivity contribution in [3.8, 4) is 0 Å². The average molecular weight is 252 g/mol. The van der Waals surface area contributed by atoms with Gasteiger partial charge in [0.05, 0.1) is 6.61 Å². The Kier molecular flexibility index (Phi) is 6.40. The number of halogens is 1. The maximum atomic E-state index is 13.8. The smallest absolute Gasteiger partial charge is 0.345 e. The summed E-state index contributed by atoms with van der Waals surface area (Å²) < 4.78 is 18.5. The number of carbonyl (C=O) groups excluding carboxylic acids is 1. The molecule has 0 aromatic heterocycles. The lowest BCUT2D eigenvalue weighted by Gasteiger charge is -2.09. The lowest BCUT2D eigenvalue weighted by Crippen LogP contribution is -2.12. The molecule has 0 amide bonds. The third kappa shape index (κ3) is 4.47. The second-order valence-electron chi connectivity index (χ2n) is 4.32. The molecule has 18 heavy (non-hydrogen) atoms. The van der Waals surface area contributed by atoms with Gasteiger partial charge in [-0.3, -0.25) is 0 Å². The predicted molar refractivity (Wildman–Crippen MR) is 70.2 cm³/mol. The van der Waals surface area contributed by atoms with E-state index < -0.39 is 12.1 Å². The predicted octanol–water partition coefficient (Wildman–Crippen LogP) is 3.99. The van der Waals surface area contributed by atoms with Gasteiger partial charge in [0.25, 0.3) is 0 Å². The van der Waals surface area contributed by atoms with Crippen LogP contribution in [0.1, 0.15) is 50.4 Å². The molecule has 0 N–H and O–H groups in total. The Balaban J connectivity index is 2.65. The molecule has 1 atom stereocenters. The molecule has 2 nitrogen and oxygen atoms in total. The summed E-state index contributed by atoms with van der Waals surface area (Å²) in [7, 11) is 0. The maximum absolute atomic E-state index is 13.8. The number of hydrogen-bond donors (Lipinski definition) is 0. The van der Waals surface area contributed by atoms with Crippen molar-refractivity contribution in [2.45, 2.75) is 45.7 Å². The molecular weight excluding hydrogens is 231 g/mol. The molecule has 0 fully saturated rings. The van der Waals surface area contributed by atoms with Gasteiger partial charge in [-0.15, -0.1) is 0 Å². The molecule has 0 saturated heterocycles.